The van der Waals surface area contributed by atoms with Gasteiger partial charge in [-0.25, -0.2) is 19.0 Å². The summed E-state index contributed by atoms with van der Waals surface area (Å²) in [5, 5.41) is 18.7. The number of amides is 1. The van der Waals surface area contributed by atoms with Crippen molar-refractivity contribution in [3.8, 4) is 6.07 Å². The van der Waals surface area contributed by atoms with E-state index in [0.29, 0.717) is 55.1 Å². The van der Waals surface area contributed by atoms with Crippen molar-refractivity contribution in [1.29, 1.82) is 5.26 Å². The topological polar surface area (TPSA) is 186 Å². The monoisotopic (exact) mass is 735 g/mol. The molecule has 15 nitrogen and oxygen atoms in total. The van der Waals surface area contributed by atoms with Gasteiger partial charge in [-0.2, -0.15) is 20.2 Å². The second-order valence-electron chi connectivity index (χ2n) is 13.8. The number of carbonyl (C=O) groups excluding carboxylic acids is 2. The molecule has 1 amide bonds. The van der Waals surface area contributed by atoms with E-state index >= 15 is 0 Å². The van der Waals surface area contributed by atoms with Gasteiger partial charge < -0.3 is 35.3 Å². The zero-order valence-electron chi connectivity index (χ0n) is 30.5. The maximum absolute atomic E-state index is 13.8. The van der Waals surface area contributed by atoms with Crippen LogP contribution in [0.2, 0.25) is 0 Å². The van der Waals surface area contributed by atoms with Crippen LogP contribution in [-0.4, -0.2) is 91.7 Å². The van der Waals surface area contributed by atoms with Gasteiger partial charge in [0.1, 0.15) is 23.3 Å². The average molecular weight is 736 g/mol. The van der Waals surface area contributed by atoms with E-state index in [0.717, 1.165) is 16.8 Å². The molecule has 1 fully saturated rings. The van der Waals surface area contributed by atoms with Crippen molar-refractivity contribution in [2.45, 2.75) is 51.9 Å². The SMILES string of the molecule is COC(=O)[C@H](Cc1ccc(C#N)cc1)Nc1nc(NCc2nc3cc(F)ccc3[nH]2)nc(Nc2cccc(CN3CCN(C(=O)OC(C)(C)C)CC3)c2)n1. The summed E-state index contributed by atoms with van der Waals surface area (Å²) in [5.74, 6) is 0.105. The molecule has 1 atom stereocenters. The van der Waals surface area contributed by atoms with Crippen molar-refractivity contribution < 1.29 is 23.5 Å². The summed E-state index contributed by atoms with van der Waals surface area (Å²) in [6.45, 7) is 9.00. The summed E-state index contributed by atoms with van der Waals surface area (Å²) < 4.78 is 24.4. The molecule has 0 aliphatic carbocycles. The number of carbonyl (C=O) groups is 2. The number of imidazole rings is 1. The number of rotatable bonds is 12. The van der Waals surface area contributed by atoms with Gasteiger partial charge in [-0.05, 0) is 68.3 Å². The lowest BCUT2D eigenvalue weighted by molar-refractivity contribution is -0.141. The molecule has 0 bridgehead atoms. The summed E-state index contributed by atoms with van der Waals surface area (Å²) in [7, 11) is 1.30. The van der Waals surface area contributed by atoms with Crippen molar-refractivity contribution in [1.82, 2.24) is 34.7 Å². The number of hydrogen-bond acceptors (Lipinski definition) is 13. The second-order valence-corrected chi connectivity index (χ2v) is 13.8. The second kappa shape index (κ2) is 16.6. The summed E-state index contributed by atoms with van der Waals surface area (Å²) in [4.78, 5) is 50.8. The number of nitrogens with zero attached hydrogens (tertiary/aromatic N) is 7. The standard InChI is InChI=1S/C38H42FN11O4/c1-38(2,3)54-37(52)50-16-14-49(15-17-50)23-26-6-5-7-28(18-26)42-35-46-34(41-22-32-43-29-13-12-27(39)20-30(29)44-32)47-36(48-35)45-31(33(51)53-4)19-24-8-10-25(21-40)11-9-24/h5-13,18,20,31H,14-17,19,22-23H2,1-4H3,(H,43,44)(H3,41,42,45,46,47,48)/t31-/m0/s1. The fraction of sp³-hybridized carbons (Fsp3) is 0.342. The van der Waals surface area contributed by atoms with E-state index in [2.05, 4.69) is 51.8 Å². The number of aromatic amines is 1. The first-order valence-corrected chi connectivity index (χ1v) is 17.5. The van der Waals surface area contributed by atoms with Gasteiger partial charge in [-0.3, -0.25) is 4.90 Å². The van der Waals surface area contributed by atoms with Crippen molar-refractivity contribution in [3.05, 3.63) is 95.1 Å². The van der Waals surface area contributed by atoms with E-state index in [1.165, 1.54) is 19.2 Å². The number of halogens is 1. The van der Waals surface area contributed by atoms with Gasteiger partial charge in [0.05, 0.1) is 36.3 Å². The smallest absolute Gasteiger partial charge is 0.410 e. The molecular formula is C38H42FN11O4. The Morgan fingerprint density at radius 1 is 0.944 bits per heavy atom. The number of benzene rings is 3. The maximum atomic E-state index is 13.8. The molecule has 280 valence electrons. The van der Waals surface area contributed by atoms with Crippen LogP contribution < -0.4 is 16.0 Å². The van der Waals surface area contributed by atoms with Crippen LogP contribution >= 0.6 is 0 Å². The van der Waals surface area contributed by atoms with Crippen LogP contribution in [-0.2, 0) is 33.8 Å². The highest BCUT2D eigenvalue weighted by molar-refractivity contribution is 5.79. The molecule has 0 radical (unpaired) electrons. The lowest BCUT2D eigenvalue weighted by atomic mass is 10.0. The molecule has 0 spiro atoms. The number of aromatic nitrogens is 5. The predicted octanol–water partition coefficient (Wildman–Crippen LogP) is 5.36. The van der Waals surface area contributed by atoms with Crippen LogP contribution in [0.3, 0.4) is 0 Å². The van der Waals surface area contributed by atoms with E-state index in [1.807, 2.05) is 45.0 Å². The van der Waals surface area contributed by atoms with E-state index in [9.17, 15) is 19.2 Å². The van der Waals surface area contributed by atoms with Crippen LogP contribution in [0.1, 0.15) is 43.3 Å². The summed E-state index contributed by atoms with van der Waals surface area (Å²) in [6.07, 6.45) is -0.0623. The molecule has 1 aliphatic rings. The number of methoxy groups -OCH3 is 1. The molecule has 0 saturated carbocycles. The molecule has 1 saturated heterocycles. The van der Waals surface area contributed by atoms with Crippen LogP contribution in [0.25, 0.3) is 11.0 Å². The molecule has 16 heteroatoms. The fourth-order valence-electron chi connectivity index (χ4n) is 5.85. The molecule has 3 aromatic carbocycles. The first kappa shape index (κ1) is 37.4. The Labute approximate surface area is 311 Å². The van der Waals surface area contributed by atoms with Gasteiger partial charge in [-0.15, -0.1) is 0 Å². The van der Waals surface area contributed by atoms with Crippen molar-refractivity contribution in [2.24, 2.45) is 0 Å². The first-order valence-electron chi connectivity index (χ1n) is 17.5. The van der Waals surface area contributed by atoms with Crippen molar-refractivity contribution >= 4 is 46.6 Å². The summed E-state index contributed by atoms with van der Waals surface area (Å²) in [5.41, 5.74) is 3.70. The molecule has 3 heterocycles. The largest absolute Gasteiger partial charge is 0.467 e. The minimum absolute atomic E-state index is 0.102. The van der Waals surface area contributed by atoms with Crippen LogP contribution in [0.15, 0.2) is 66.7 Å². The van der Waals surface area contributed by atoms with E-state index in [1.54, 1.807) is 35.2 Å². The third-order valence-corrected chi connectivity index (χ3v) is 8.47. The van der Waals surface area contributed by atoms with Gasteiger partial charge in [0.25, 0.3) is 0 Å². The van der Waals surface area contributed by atoms with Gasteiger partial charge >= 0.3 is 12.1 Å². The van der Waals surface area contributed by atoms with E-state index in [4.69, 9.17) is 9.47 Å². The number of ether oxygens (including phenoxy) is 2. The zero-order valence-corrected chi connectivity index (χ0v) is 30.5. The Balaban J connectivity index is 1.19. The van der Waals surface area contributed by atoms with Crippen LogP contribution in [0.5, 0.6) is 0 Å². The molecule has 0 unspecified atom stereocenters. The Bertz CT molecular complexity index is 2140. The van der Waals surface area contributed by atoms with E-state index in [-0.39, 0.29) is 42.7 Å². The number of fused-ring (bicyclic) bond motifs is 1. The number of nitrogens with one attached hydrogen (secondary N) is 4. The number of hydrogen-bond donors (Lipinski definition) is 4. The highest BCUT2D eigenvalue weighted by Crippen LogP contribution is 2.21. The lowest BCUT2D eigenvalue weighted by Gasteiger charge is -2.35. The third kappa shape index (κ3) is 10.2. The number of piperazine rings is 1. The molecule has 6 rings (SSSR count). The van der Waals surface area contributed by atoms with Gasteiger partial charge in [0, 0.05) is 50.9 Å². The molecular weight excluding hydrogens is 693 g/mol. The quantitative estimate of drug-likeness (QED) is 0.120. The van der Waals surface area contributed by atoms with E-state index < -0.39 is 17.6 Å². The number of anilines is 4. The van der Waals surface area contributed by atoms with Crippen molar-refractivity contribution in [3.63, 3.8) is 0 Å². The lowest BCUT2D eigenvalue weighted by Crippen LogP contribution is -2.49. The van der Waals surface area contributed by atoms with Crippen LogP contribution in [0, 0.1) is 17.1 Å². The molecule has 4 N–H and O–H groups in total. The molecule has 5 aromatic rings. The van der Waals surface area contributed by atoms with Gasteiger partial charge in [0.15, 0.2) is 0 Å². The Morgan fingerprint density at radius 2 is 1.69 bits per heavy atom. The maximum Gasteiger partial charge on any atom is 0.410 e. The van der Waals surface area contributed by atoms with Crippen molar-refractivity contribution in [2.75, 3.05) is 49.2 Å². The number of esters is 1. The fourth-order valence-corrected chi connectivity index (χ4v) is 5.85. The Kier molecular flexibility index (Phi) is 11.5. The first-order chi connectivity index (χ1) is 25.9. The third-order valence-electron chi connectivity index (χ3n) is 8.47. The zero-order chi connectivity index (χ0) is 38.2. The Morgan fingerprint density at radius 3 is 2.41 bits per heavy atom. The Hall–Kier alpha value is -6.34. The highest BCUT2D eigenvalue weighted by atomic mass is 19.1. The molecule has 1 aliphatic heterocycles. The van der Waals surface area contributed by atoms with Gasteiger partial charge in [-0.1, -0.05) is 24.3 Å². The number of H-pyrrole nitrogens is 1. The number of nitriles is 1. The average Bonchev–Trinajstić information content (AvgIpc) is 3.55. The van der Waals surface area contributed by atoms with Crippen LogP contribution in [0.4, 0.5) is 32.7 Å². The predicted molar refractivity (Wildman–Crippen MR) is 200 cm³/mol. The van der Waals surface area contributed by atoms with Gasteiger partial charge in [0.2, 0.25) is 17.8 Å². The summed E-state index contributed by atoms with van der Waals surface area (Å²) in [6, 6.07) is 20.3. The minimum Gasteiger partial charge on any atom is -0.467 e. The normalized spacial score (nSPS) is 13.9. The highest BCUT2D eigenvalue weighted by Gasteiger charge is 2.26. The molecule has 54 heavy (non-hydrogen) atoms. The minimum atomic E-state index is -0.865. The molecule has 2 aromatic heterocycles. The summed E-state index contributed by atoms with van der Waals surface area (Å²) >= 11 is 0.